The summed E-state index contributed by atoms with van der Waals surface area (Å²) < 4.78 is 22.7. The number of phosphoric acid groups is 1. The second kappa shape index (κ2) is 13.3. The maximum Gasteiger partial charge on any atom is 0.472 e. The van der Waals surface area contributed by atoms with Crippen LogP contribution in [0.2, 0.25) is 0 Å². The van der Waals surface area contributed by atoms with E-state index in [0.29, 0.717) is 16.9 Å². The molecule has 5 nitrogen and oxygen atoms in total. The summed E-state index contributed by atoms with van der Waals surface area (Å²) in [6.07, 6.45) is 8.43. The largest absolute Gasteiger partial charge is 0.472 e. The third-order valence-electron chi connectivity index (χ3n) is 4.75. The Kier molecular flexibility index (Phi) is 13.3. The molecular weight excluding hydrogens is 349 g/mol. The van der Waals surface area contributed by atoms with Gasteiger partial charge in [-0.2, -0.15) is 0 Å². The van der Waals surface area contributed by atoms with Crippen molar-refractivity contribution in [2.75, 3.05) is 40.9 Å². The van der Waals surface area contributed by atoms with Crippen LogP contribution in [0.15, 0.2) is 0 Å². The Hall–Kier alpha value is 0.0700. The average Bonchev–Trinajstić information content (AvgIpc) is 2.44. The third-order valence-corrected chi connectivity index (χ3v) is 5.77. The summed E-state index contributed by atoms with van der Waals surface area (Å²) in [5.41, 5.74) is 0. The smallest absolute Gasteiger partial charge is 0.329 e. The molecule has 0 aromatic rings. The molecule has 158 valence electrons. The van der Waals surface area contributed by atoms with Gasteiger partial charge in [0.25, 0.3) is 0 Å². The van der Waals surface area contributed by atoms with Crippen molar-refractivity contribution in [1.29, 1.82) is 0 Å². The summed E-state index contributed by atoms with van der Waals surface area (Å²) in [6, 6.07) is 0. The molecule has 0 heterocycles. The second-order valence-electron chi connectivity index (χ2n) is 9.40. The minimum Gasteiger partial charge on any atom is -0.329 e. The predicted molar refractivity (Wildman–Crippen MR) is 110 cm³/mol. The average molecular weight is 395 g/mol. The molecule has 0 bridgehead atoms. The van der Waals surface area contributed by atoms with Gasteiger partial charge in [0.1, 0.15) is 13.2 Å². The van der Waals surface area contributed by atoms with Crippen molar-refractivity contribution in [3.8, 4) is 0 Å². The van der Waals surface area contributed by atoms with Gasteiger partial charge in [0.2, 0.25) is 0 Å². The lowest BCUT2D eigenvalue weighted by Crippen LogP contribution is -2.37. The first-order valence-corrected chi connectivity index (χ1v) is 11.8. The van der Waals surface area contributed by atoms with Crippen LogP contribution in [0.5, 0.6) is 0 Å². The van der Waals surface area contributed by atoms with Gasteiger partial charge in [-0.3, -0.25) is 9.05 Å². The van der Waals surface area contributed by atoms with Gasteiger partial charge >= 0.3 is 7.82 Å². The molecule has 6 heteroatoms. The minimum atomic E-state index is -3.91. The van der Waals surface area contributed by atoms with E-state index in [1.165, 1.54) is 32.1 Å². The molecule has 0 saturated heterocycles. The highest BCUT2D eigenvalue weighted by molar-refractivity contribution is 7.47. The lowest BCUT2D eigenvalue weighted by molar-refractivity contribution is -0.870. The Morgan fingerprint density at radius 1 is 0.808 bits per heavy atom. The number of nitrogens with zero attached hydrogens (tertiary/aromatic N) is 1. The Labute approximate surface area is 162 Å². The van der Waals surface area contributed by atoms with Gasteiger partial charge in [-0.1, -0.05) is 66.2 Å². The summed E-state index contributed by atoms with van der Waals surface area (Å²) in [6.45, 7) is 10.3. The van der Waals surface area contributed by atoms with Crippen molar-refractivity contribution in [3.05, 3.63) is 0 Å². The monoisotopic (exact) mass is 394 g/mol. The van der Waals surface area contributed by atoms with Crippen molar-refractivity contribution in [2.24, 2.45) is 17.8 Å². The van der Waals surface area contributed by atoms with E-state index in [9.17, 15) is 9.46 Å². The lowest BCUT2D eigenvalue weighted by Gasteiger charge is -2.24. The first-order chi connectivity index (χ1) is 11.9. The molecule has 1 N–H and O–H groups in total. The van der Waals surface area contributed by atoms with E-state index in [-0.39, 0.29) is 13.2 Å². The van der Waals surface area contributed by atoms with Crippen LogP contribution >= 0.6 is 7.82 Å². The summed E-state index contributed by atoms with van der Waals surface area (Å²) >= 11 is 0. The van der Waals surface area contributed by atoms with Crippen molar-refractivity contribution in [3.63, 3.8) is 0 Å². The fourth-order valence-corrected chi connectivity index (χ4v) is 3.54. The van der Waals surface area contributed by atoms with Crippen molar-refractivity contribution in [1.82, 2.24) is 0 Å². The molecule has 3 unspecified atom stereocenters. The van der Waals surface area contributed by atoms with Gasteiger partial charge in [0, 0.05) is 0 Å². The van der Waals surface area contributed by atoms with Gasteiger partial charge in [0.05, 0.1) is 27.7 Å². The third kappa shape index (κ3) is 17.5. The number of hydrogen-bond acceptors (Lipinski definition) is 3. The fourth-order valence-electron chi connectivity index (χ4n) is 2.81. The summed E-state index contributed by atoms with van der Waals surface area (Å²) in [5.74, 6) is 2.11. The highest BCUT2D eigenvalue weighted by atomic mass is 31.2. The lowest BCUT2D eigenvalue weighted by atomic mass is 9.93. The van der Waals surface area contributed by atoms with Gasteiger partial charge in [-0.15, -0.1) is 0 Å². The highest BCUT2D eigenvalue weighted by Crippen LogP contribution is 2.43. The fraction of sp³-hybridized carbons (Fsp3) is 1.00. The second-order valence-corrected chi connectivity index (χ2v) is 10.9. The Bertz CT molecular complexity index is 396. The predicted octanol–water partition coefficient (Wildman–Crippen LogP) is 5.49. The number of likely N-dealkylation sites (N-methyl/N-ethyl adjacent to an activating group) is 1. The number of hydrogen-bond donors (Lipinski definition) is 1. The zero-order valence-corrected chi connectivity index (χ0v) is 19.3. The van der Waals surface area contributed by atoms with Crippen LogP contribution in [0.3, 0.4) is 0 Å². The van der Waals surface area contributed by atoms with Gasteiger partial charge < -0.3 is 9.38 Å². The molecule has 0 radical (unpaired) electrons. The molecular formula is C20H45NO4P+. The molecule has 0 aromatic carbocycles. The first kappa shape index (κ1) is 26.1. The quantitative estimate of drug-likeness (QED) is 0.278. The summed E-state index contributed by atoms with van der Waals surface area (Å²) in [5, 5.41) is 0. The van der Waals surface area contributed by atoms with E-state index in [0.717, 1.165) is 24.7 Å². The first-order valence-electron chi connectivity index (χ1n) is 10.3. The molecule has 0 amide bonds. The topological polar surface area (TPSA) is 55.8 Å². The molecule has 0 saturated carbocycles. The van der Waals surface area contributed by atoms with Crippen LogP contribution in [0.4, 0.5) is 0 Å². The van der Waals surface area contributed by atoms with E-state index in [2.05, 4.69) is 27.7 Å². The van der Waals surface area contributed by atoms with Crippen LogP contribution in [0.1, 0.15) is 72.6 Å². The summed E-state index contributed by atoms with van der Waals surface area (Å²) in [7, 11) is 2.13. The zero-order valence-electron chi connectivity index (χ0n) is 18.4. The van der Waals surface area contributed by atoms with Crippen LogP contribution < -0.4 is 0 Å². The SMILES string of the molecule is CC(C)CCCC(C)CCCC(C)CCOP(=O)(O)OCC[N+](C)(C)C. The Morgan fingerprint density at radius 2 is 1.27 bits per heavy atom. The normalized spacial score (nSPS) is 17.3. The maximum absolute atomic E-state index is 11.8. The van der Waals surface area contributed by atoms with E-state index < -0.39 is 7.82 Å². The van der Waals surface area contributed by atoms with E-state index >= 15 is 0 Å². The van der Waals surface area contributed by atoms with E-state index in [1.807, 2.05) is 21.1 Å². The maximum atomic E-state index is 11.8. The molecule has 26 heavy (non-hydrogen) atoms. The molecule has 0 spiro atoms. The van der Waals surface area contributed by atoms with Gasteiger partial charge in [-0.05, 0) is 24.2 Å². The van der Waals surface area contributed by atoms with Crippen molar-refractivity contribution >= 4 is 7.82 Å². The Balaban J connectivity index is 3.75. The molecule has 0 rings (SSSR count). The molecule has 0 fully saturated rings. The van der Waals surface area contributed by atoms with Crippen LogP contribution in [0.25, 0.3) is 0 Å². The molecule has 0 aliphatic carbocycles. The number of quaternary nitrogens is 1. The number of phosphoric ester groups is 1. The van der Waals surface area contributed by atoms with Crippen LogP contribution in [-0.2, 0) is 13.6 Å². The zero-order chi connectivity index (χ0) is 20.2. The van der Waals surface area contributed by atoms with Gasteiger partial charge in [-0.25, -0.2) is 4.57 Å². The van der Waals surface area contributed by atoms with E-state index in [1.54, 1.807) is 0 Å². The van der Waals surface area contributed by atoms with Crippen molar-refractivity contribution < 1.29 is 23.0 Å². The molecule has 0 aromatic heterocycles. The van der Waals surface area contributed by atoms with Crippen LogP contribution in [-0.4, -0.2) is 50.3 Å². The molecule has 3 atom stereocenters. The highest BCUT2D eigenvalue weighted by Gasteiger charge is 2.22. The minimum absolute atomic E-state index is 0.224. The van der Waals surface area contributed by atoms with Crippen LogP contribution in [0, 0.1) is 17.8 Å². The summed E-state index contributed by atoms with van der Waals surface area (Å²) in [4.78, 5) is 9.70. The standard InChI is InChI=1S/C20H44NO4P/c1-18(2)10-8-11-19(3)12-9-13-20(4)14-16-24-26(22,23)25-17-15-21(5,6)7/h18-20H,8-17H2,1-7H3/p+1. The van der Waals surface area contributed by atoms with Gasteiger partial charge in [0.15, 0.2) is 0 Å². The van der Waals surface area contributed by atoms with E-state index in [4.69, 9.17) is 9.05 Å². The van der Waals surface area contributed by atoms with Crippen molar-refractivity contribution in [2.45, 2.75) is 72.6 Å². The molecule has 0 aliphatic heterocycles. The molecule has 0 aliphatic rings. The Morgan fingerprint density at radius 3 is 1.77 bits per heavy atom. The number of rotatable bonds is 16.